The molecule has 1 saturated carbocycles. The zero-order chi connectivity index (χ0) is 13.3. The fraction of sp³-hybridized carbons (Fsp3) is 1.00. The molecular formula is C15H29NO2. The van der Waals surface area contributed by atoms with Gasteiger partial charge in [0.25, 0.3) is 0 Å². The van der Waals surface area contributed by atoms with Crippen molar-refractivity contribution in [1.29, 1.82) is 0 Å². The molecule has 1 N–H and O–H groups in total. The van der Waals surface area contributed by atoms with Crippen molar-refractivity contribution in [3.8, 4) is 0 Å². The van der Waals surface area contributed by atoms with Crippen LogP contribution in [0, 0.1) is 11.8 Å². The monoisotopic (exact) mass is 255 g/mol. The van der Waals surface area contributed by atoms with Gasteiger partial charge in [0, 0.05) is 19.1 Å². The average molecular weight is 255 g/mol. The Morgan fingerprint density at radius 1 is 1.11 bits per heavy atom. The molecule has 0 spiro atoms. The molecule has 1 aliphatic carbocycles. The highest BCUT2D eigenvalue weighted by Crippen LogP contribution is 2.33. The molecule has 2 rings (SSSR count). The maximum absolute atomic E-state index is 10.3. The van der Waals surface area contributed by atoms with Crippen LogP contribution in [0.1, 0.15) is 47.0 Å². The number of rotatable bonds is 2. The molecule has 1 saturated heterocycles. The van der Waals surface area contributed by atoms with E-state index in [-0.39, 0.29) is 6.10 Å². The molecule has 0 amide bonds. The van der Waals surface area contributed by atoms with E-state index >= 15 is 0 Å². The zero-order valence-corrected chi connectivity index (χ0v) is 12.3. The van der Waals surface area contributed by atoms with Crippen molar-refractivity contribution in [3.05, 3.63) is 0 Å². The highest BCUT2D eigenvalue weighted by molar-refractivity contribution is 4.90. The maximum Gasteiger partial charge on any atom is 0.0695 e. The molecule has 0 aromatic heterocycles. The van der Waals surface area contributed by atoms with Crippen molar-refractivity contribution >= 4 is 0 Å². The molecule has 1 aliphatic heterocycles. The highest BCUT2D eigenvalue weighted by Gasteiger charge is 2.37. The van der Waals surface area contributed by atoms with Crippen LogP contribution in [0.4, 0.5) is 0 Å². The average Bonchev–Trinajstić information content (AvgIpc) is 2.27. The lowest BCUT2D eigenvalue weighted by molar-refractivity contribution is -0.107. The van der Waals surface area contributed by atoms with Crippen molar-refractivity contribution in [2.75, 3.05) is 13.1 Å². The molecule has 3 heteroatoms. The first-order valence-corrected chi connectivity index (χ1v) is 7.55. The number of hydrogen-bond acceptors (Lipinski definition) is 3. The van der Waals surface area contributed by atoms with Crippen LogP contribution in [0.25, 0.3) is 0 Å². The van der Waals surface area contributed by atoms with Crippen molar-refractivity contribution in [2.24, 2.45) is 11.8 Å². The van der Waals surface area contributed by atoms with Gasteiger partial charge in [-0.15, -0.1) is 0 Å². The van der Waals surface area contributed by atoms with Gasteiger partial charge in [0.05, 0.1) is 18.3 Å². The molecule has 106 valence electrons. The fourth-order valence-corrected chi connectivity index (χ4v) is 3.65. The molecular weight excluding hydrogens is 226 g/mol. The van der Waals surface area contributed by atoms with E-state index in [1.165, 1.54) is 6.42 Å². The van der Waals surface area contributed by atoms with Gasteiger partial charge in [-0.05, 0) is 44.9 Å². The first kappa shape index (κ1) is 14.3. The minimum atomic E-state index is -0.141. The minimum Gasteiger partial charge on any atom is -0.391 e. The molecule has 2 fully saturated rings. The largest absolute Gasteiger partial charge is 0.391 e. The summed E-state index contributed by atoms with van der Waals surface area (Å²) in [4.78, 5) is 2.47. The summed E-state index contributed by atoms with van der Waals surface area (Å²) in [6.07, 6.45) is 3.75. The first-order chi connectivity index (χ1) is 8.47. The topological polar surface area (TPSA) is 32.7 Å². The lowest BCUT2D eigenvalue weighted by Gasteiger charge is -2.46. The SMILES string of the molecule is CC1CN(C2CC(C(C)C)CCC2O)CC(C)O1. The van der Waals surface area contributed by atoms with Gasteiger partial charge in [-0.25, -0.2) is 0 Å². The van der Waals surface area contributed by atoms with E-state index in [0.29, 0.717) is 18.2 Å². The van der Waals surface area contributed by atoms with Gasteiger partial charge in [0.1, 0.15) is 0 Å². The number of aliphatic hydroxyl groups excluding tert-OH is 1. The summed E-state index contributed by atoms with van der Waals surface area (Å²) >= 11 is 0. The maximum atomic E-state index is 10.3. The zero-order valence-electron chi connectivity index (χ0n) is 12.3. The summed E-state index contributed by atoms with van der Waals surface area (Å²) in [5.41, 5.74) is 0. The van der Waals surface area contributed by atoms with E-state index in [9.17, 15) is 5.11 Å². The Labute approximate surface area is 112 Å². The second-order valence-electron chi connectivity index (χ2n) is 6.66. The van der Waals surface area contributed by atoms with Gasteiger partial charge in [-0.2, -0.15) is 0 Å². The summed E-state index contributed by atoms with van der Waals surface area (Å²) in [5.74, 6) is 1.50. The molecule has 18 heavy (non-hydrogen) atoms. The lowest BCUT2D eigenvalue weighted by Crippen LogP contribution is -2.55. The quantitative estimate of drug-likeness (QED) is 0.821. The summed E-state index contributed by atoms with van der Waals surface area (Å²) in [6.45, 7) is 10.8. The van der Waals surface area contributed by atoms with E-state index < -0.39 is 0 Å². The Kier molecular flexibility index (Phi) is 4.68. The number of aliphatic hydroxyl groups is 1. The minimum absolute atomic E-state index is 0.141. The number of nitrogens with zero attached hydrogens (tertiary/aromatic N) is 1. The lowest BCUT2D eigenvalue weighted by atomic mass is 9.77. The first-order valence-electron chi connectivity index (χ1n) is 7.55. The summed E-state index contributed by atoms with van der Waals surface area (Å²) < 4.78 is 5.79. The van der Waals surface area contributed by atoms with Gasteiger partial charge in [0.15, 0.2) is 0 Å². The van der Waals surface area contributed by atoms with E-state index in [0.717, 1.165) is 37.8 Å². The number of hydrogen-bond donors (Lipinski definition) is 1. The number of morpholine rings is 1. The van der Waals surface area contributed by atoms with Crippen LogP contribution < -0.4 is 0 Å². The highest BCUT2D eigenvalue weighted by atomic mass is 16.5. The van der Waals surface area contributed by atoms with Gasteiger partial charge in [-0.1, -0.05) is 13.8 Å². The van der Waals surface area contributed by atoms with Crippen molar-refractivity contribution < 1.29 is 9.84 Å². The van der Waals surface area contributed by atoms with Gasteiger partial charge < -0.3 is 9.84 Å². The van der Waals surface area contributed by atoms with Crippen molar-refractivity contribution in [3.63, 3.8) is 0 Å². The molecule has 2 aliphatic rings. The summed E-state index contributed by atoms with van der Waals surface area (Å²) in [5, 5.41) is 10.3. The van der Waals surface area contributed by atoms with Crippen LogP contribution >= 0.6 is 0 Å². The Morgan fingerprint density at radius 2 is 1.72 bits per heavy atom. The summed E-state index contributed by atoms with van der Waals surface area (Å²) in [6, 6.07) is 0.347. The van der Waals surface area contributed by atoms with E-state index in [1.54, 1.807) is 0 Å². The van der Waals surface area contributed by atoms with E-state index in [1.807, 2.05) is 0 Å². The van der Waals surface area contributed by atoms with Gasteiger partial charge >= 0.3 is 0 Å². The molecule has 5 unspecified atom stereocenters. The van der Waals surface area contributed by atoms with E-state index in [2.05, 4.69) is 32.6 Å². The van der Waals surface area contributed by atoms with Crippen LogP contribution in [-0.4, -0.2) is 47.4 Å². The molecule has 0 aromatic rings. The van der Waals surface area contributed by atoms with Gasteiger partial charge in [0.2, 0.25) is 0 Å². The second kappa shape index (κ2) is 5.89. The van der Waals surface area contributed by atoms with Gasteiger partial charge in [-0.3, -0.25) is 4.90 Å². The summed E-state index contributed by atoms with van der Waals surface area (Å²) in [7, 11) is 0. The molecule has 1 heterocycles. The van der Waals surface area contributed by atoms with Crippen molar-refractivity contribution in [2.45, 2.75) is 71.3 Å². The Hall–Kier alpha value is -0.120. The van der Waals surface area contributed by atoms with Crippen molar-refractivity contribution in [1.82, 2.24) is 4.90 Å². The Bertz CT molecular complexity index is 259. The standard InChI is InChI=1S/C15H29NO2/c1-10(2)13-5-6-15(17)14(7-13)16-8-11(3)18-12(4)9-16/h10-15,17H,5-9H2,1-4H3. The van der Waals surface area contributed by atoms with Crippen LogP contribution in [0.3, 0.4) is 0 Å². The fourth-order valence-electron chi connectivity index (χ4n) is 3.65. The predicted molar refractivity (Wildman–Crippen MR) is 73.6 cm³/mol. The van der Waals surface area contributed by atoms with Crippen LogP contribution in [-0.2, 0) is 4.74 Å². The molecule has 0 bridgehead atoms. The second-order valence-corrected chi connectivity index (χ2v) is 6.66. The third-order valence-corrected chi connectivity index (χ3v) is 4.68. The normalized spacial score (nSPS) is 43.3. The van der Waals surface area contributed by atoms with Crippen LogP contribution in [0.2, 0.25) is 0 Å². The molecule has 3 nitrogen and oxygen atoms in total. The predicted octanol–water partition coefficient (Wildman–Crippen LogP) is 2.28. The third-order valence-electron chi connectivity index (χ3n) is 4.68. The third kappa shape index (κ3) is 3.25. The smallest absolute Gasteiger partial charge is 0.0695 e. The van der Waals surface area contributed by atoms with Crippen LogP contribution in [0.15, 0.2) is 0 Å². The number of ether oxygens (including phenoxy) is 1. The molecule has 0 aromatic carbocycles. The Morgan fingerprint density at radius 3 is 2.28 bits per heavy atom. The molecule has 0 radical (unpaired) electrons. The van der Waals surface area contributed by atoms with Crippen LogP contribution in [0.5, 0.6) is 0 Å². The Balaban J connectivity index is 2.00. The van der Waals surface area contributed by atoms with E-state index in [4.69, 9.17) is 4.74 Å². The molecule has 5 atom stereocenters.